The number of thioether (sulfide) groups is 1. The Labute approximate surface area is 115 Å². The van der Waals surface area contributed by atoms with Gasteiger partial charge in [-0.25, -0.2) is 0 Å². The third-order valence-corrected chi connectivity index (χ3v) is 4.87. The van der Waals surface area contributed by atoms with Crippen LogP contribution in [0.25, 0.3) is 0 Å². The van der Waals surface area contributed by atoms with E-state index in [0.717, 1.165) is 24.7 Å². The van der Waals surface area contributed by atoms with Crippen molar-refractivity contribution in [3.63, 3.8) is 0 Å². The van der Waals surface area contributed by atoms with Gasteiger partial charge >= 0.3 is 0 Å². The molecule has 3 nitrogen and oxygen atoms in total. The third kappa shape index (κ3) is 3.29. The molecule has 2 atom stereocenters. The summed E-state index contributed by atoms with van der Waals surface area (Å²) in [6.07, 6.45) is 2.39. The van der Waals surface area contributed by atoms with Crippen LogP contribution in [0.5, 0.6) is 0 Å². The molecule has 0 bridgehead atoms. The van der Waals surface area contributed by atoms with Crippen LogP contribution in [-0.4, -0.2) is 33.9 Å². The molecule has 2 rings (SSSR count). The van der Waals surface area contributed by atoms with Crippen LogP contribution in [-0.2, 0) is 13.0 Å². The largest absolute Gasteiger partial charge is 0.313 e. The topological polar surface area (TPSA) is 29.9 Å². The van der Waals surface area contributed by atoms with Crippen LogP contribution in [0.4, 0.5) is 0 Å². The van der Waals surface area contributed by atoms with Crippen molar-refractivity contribution in [2.45, 2.75) is 46.2 Å². The molecule has 0 amide bonds. The molecule has 0 aliphatic carbocycles. The number of hydrogen-bond acceptors (Lipinski definition) is 3. The molecule has 2 heterocycles. The summed E-state index contributed by atoms with van der Waals surface area (Å²) in [6.45, 7) is 8.63. The molecule has 1 aliphatic heterocycles. The van der Waals surface area contributed by atoms with Gasteiger partial charge in [0.15, 0.2) is 0 Å². The summed E-state index contributed by atoms with van der Waals surface area (Å²) in [5.41, 5.74) is 2.56. The minimum Gasteiger partial charge on any atom is -0.313 e. The Bertz CT molecular complexity index is 375. The second-order valence-corrected chi connectivity index (χ2v) is 6.23. The first-order valence-electron chi connectivity index (χ1n) is 7.09. The summed E-state index contributed by atoms with van der Waals surface area (Å²) in [6, 6.07) is 2.94. The van der Waals surface area contributed by atoms with Gasteiger partial charge in [0.2, 0.25) is 0 Å². The van der Waals surface area contributed by atoms with Gasteiger partial charge in [-0.3, -0.25) is 4.68 Å². The maximum Gasteiger partial charge on any atom is 0.0596 e. The lowest BCUT2D eigenvalue weighted by molar-refractivity contribution is 0.414. The molecule has 0 saturated carbocycles. The van der Waals surface area contributed by atoms with Crippen LogP contribution >= 0.6 is 11.8 Å². The second kappa shape index (κ2) is 6.62. The van der Waals surface area contributed by atoms with E-state index in [-0.39, 0.29) is 0 Å². The molecule has 0 aromatic carbocycles. The molecule has 1 aromatic heterocycles. The standard InChI is InChI=1S/C14H25N3S/c1-4-6-15-14-10-18-9-12(14)8-13-7-11(3)16-17(13)5-2/h7,12,14-15H,4-6,8-10H2,1-3H3. The molecule has 2 unspecified atom stereocenters. The third-order valence-electron chi connectivity index (χ3n) is 3.61. The van der Waals surface area contributed by atoms with Gasteiger partial charge < -0.3 is 5.32 Å². The van der Waals surface area contributed by atoms with Gasteiger partial charge in [-0.05, 0) is 51.0 Å². The number of rotatable bonds is 6. The Hall–Kier alpha value is -0.480. The number of nitrogens with zero attached hydrogens (tertiary/aromatic N) is 2. The number of hydrogen-bond donors (Lipinski definition) is 1. The van der Waals surface area contributed by atoms with E-state index in [2.05, 4.69) is 53.7 Å². The van der Waals surface area contributed by atoms with Crippen LogP contribution in [0.2, 0.25) is 0 Å². The van der Waals surface area contributed by atoms with Gasteiger partial charge in [0, 0.05) is 24.0 Å². The average Bonchev–Trinajstić information content (AvgIpc) is 2.94. The lowest BCUT2D eigenvalue weighted by Gasteiger charge is -2.20. The highest BCUT2D eigenvalue weighted by Crippen LogP contribution is 2.27. The zero-order chi connectivity index (χ0) is 13.0. The predicted octanol–water partition coefficient (Wildman–Crippen LogP) is 2.49. The Morgan fingerprint density at radius 3 is 3.00 bits per heavy atom. The Morgan fingerprint density at radius 1 is 1.44 bits per heavy atom. The highest BCUT2D eigenvalue weighted by atomic mass is 32.2. The Morgan fingerprint density at radius 2 is 2.28 bits per heavy atom. The van der Waals surface area contributed by atoms with Crippen molar-refractivity contribution in [3.05, 3.63) is 17.5 Å². The molecule has 4 heteroatoms. The zero-order valence-electron chi connectivity index (χ0n) is 11.8. The minimum atomic E-state index is 0.690. The zero-order valence-corrected chi connectivity index (χ0v) is 12.6. The molecule has 1 saturated heterocycles. The van der Waals surface area contributed by atoms with E-state index in [1.807, 2.05) is 0 Å². The number of aromatic nitrogens is 2. The first-order valence-corrected chi connectivity index (χ1v) is 8.24. The van der Waals surface area contributed by atoms with Crippen molar-refractivity contribution in [2.24, 2.45) is 5.92 Å². The molecule has 1 N–H and O–H groups in total. The van der Waals surface area contributed by atoms with Gasteiger partial charge in [0.05, 0.1) is 5.69 Å². The fraction of sp³-hybridized carbons (Fsp3) is 0.786. The summed E-state index contributed by atoms with van der Waals surface area (Å²) in [5.74, 6) is 3.32. The van der Waals surface area contributed by atoms with Gasteiger partial charge in [0.25, 0.3) is 0 Å². The summed E-state index contributed by atoms with van der Waals surface area (Å²) in [4.78, 5) is 0. The Kier molecular flexibility index (Phi) is 5.13. The van der Waals surface area contributed by atoms with E-state index in [4.69, 9.17) is 0 Å². The highest BCUT2D eigenvalue weighted by molar-refractivity contribution is 7.99. The summed E-state index contributed by atoms with van der Waals surface area (Å²) in [7, 11) is 0. The molecule has 1 fully saturated rings. The van der Waals surface area contributed by atoms with E-state index < -0.39 is 0 Å². The average molecular weight is 267 g/mol. The molecule has 102 valence electrons. The second-order valence-electron chi connectivity index (χ2n) is 5.16. The van der Waals surface area contributed by atoms with Crippen molar-refractivity contribution >= 4 is 11.8 Å². The summed E-state index contributed by atoms with van der Waals surface area (Å²) >= 11 is 2.09. The van der Waals surface area contributed by atoms with E-state index >= 15 is 0 Å². The molecular formula is C14H25N3S. The monoisotopic (exact) mass is 267 g/mol. The van der Waals surface area contributed by atoms with E-state index in [9.17, 15) is 0 Å². The van der Waals surface area contributed by atoms with Crippen molar-refractivity contribution in [1.82, 2.24) is 15.1 Å². The Balaban J connectivity index is 1.98. The SMILES string of the molecule is CCCNC1CSCC1Cc1cc(C)nn1CC. The molecule has 0 radical (unpaired) electrons. The lowest BCUT2D eigenvalue weighted by atomic mass is 9.97. The molecule has 18 heavy (non-hydrogen) atoms. The first kappa shape index (κ1) is 13.9. The fourth-order valence-electron chi connectivity index (χ4n) is 2.66. The maximum absolute atomic E-state index is 4.55. The van der Waals surface area contributed by atoms with E-state index in [1.165, 1.54) is 30.0 Å². The molecule has 1 aliphatic rings. The number of nitrogens with one attached hydrogen (secondary N) is 1. The quantitative estimate of drug-likeness (QED) is 0.859. The number of aryl methyl sites for hydroxylation is 2. The fourth-order valence-corrected chi connectivity index (χ4v) is 4.09. The molecule has 1 aromatic rings. The lowest BCUT2D eigenvalue weighted by Crippen LogP contribution is -2.37. The highest BCUT2D eigenvalue weighted by Gasteiger charge is 2.28. The normalized spacial score (nSPS) is 23.7. The minimum absolute atomic E-state index is 0.690. The molecule has 0 spiro atoms. The van der Waals surface area contributed by atoms with Crippen LogP contribution < -0.4 is 5.32 Å². The van der Waals surface area contributed by atoms with Crippen molar-refractivity contribution in [3.8, 4) is 0 Å². The van der Waals surface area contributed by atoms with Crippen molar-refractivity contribution in [1.29, 1.82) is 0 Å². The predicted molar refractivity (Wildman–Crippen MR) is 79.2 cm³/mol. The van der Waals surface area contributed by atoms with Crippen molar-refractivity contribution in [2.75, 3.05) is 18.1 Å². The van der Waals surface area contributed by atoms with E-state index in [0.29, 0.717) is 6.04 Å². The van der Waals surface area contributed by atoms with E-state index in [1.54, 1.807) is 0 Å². The van der Waals surface area contributed by atoms with Gasteiger partial charge in [0.1, 0.15) is 0 Å². The van der Waals surface area contributed by atoms with Crippen LogP contribution in [0.1, 0.15) is 31.7 Å². The van der Waals surface area contributed by atoms with Crippen LogP contribution in [0.15, 0.2) is 6.07 Å². The van der Waals surface area contributed by atoms with Gasteiger partial charge in [-0.15, -0.1) is 0 Å². The maximum atomic E-state index is 4.55. The summed E-state index contributed by atoms with van der Waals surface area (Å²) < 4.78 is 2.16. The van der Waals surface area contributed by atoms with Gasteiger partial charge in [-0.1, -0.05) is 6.92 Å². The summed E-state index contributed by atoms with van der Waals surface area (Å²) in [5, 5.41) is 8.24. The first-order chi connectivity index (χ1) is 8.74. The van der Waals surface area contributed by atoms with Crippen LogP contribution in [0, 0.1) is 12.8 Å². The van der Waals surface area contributed by atoms with Crippen molar-refractivity contribution < 1.29 is 0 Å². The smallest absolute Gasteiger partial charge is 0.0596 e. The van der Waals surface area contributed by atoms with Gasteiger partial charge in [-0.2, -0.15) is 16.9 Å². The molecular weight excluding hydrogens is 242 g/mol. The van der Waals surface area contributed by atoms with Crippen LogP contribution in [0.3, 0.4) is 0 Å².